The molecule has 3 heterocycles. The van der Waals surface area contributed by atoms with Crippen LogP contribution in [0.4, 0.5) is 0 Å². The van der Waals surface area contributed by atoms with Gasteiger partial charge in [-0.15, -0.1) is 0 Å². The third-order valence-electron chi connectivity index (χ3n) is 11.3. The van der Waals surface area contributed by atoms with E-state index < -0.39 is 0 Å². The van der Waals surface area contributed by atoms with Crippen molar-refractivity contribution < 1.29 is 4.42 Å². The van der Waals surface area contributed by atoms with E-state index in [0.717, 1.165) is 55.3 Å². The molecule has 0 amide bonds. The Hall–Kier alpha value is -7.36. The summed E-state index contributed by atoms with van der Waals surface area (Å²) in [5.74, 6) is 1.70. The van der Waals surface area contributed by atoms with Crippen LogP contribution in [0.15, 0.2) is 156 Å². The van der Waals surface area contributed by atoms with E-state index in [4.69, 9.17) is 19.4 Å². The maximum absolute atomic E-state index is 9.38. The topological polar surface area (TPSA) is 80.5 Å². The first-order valence-electron chi connectivity index (χ1n) is 18.4. The highest BCUT2D eigenvalue weighted by Crippen LogP contribution is 2.57. The molecule has 55 heavy (non-hydrogen) atoms. The van der Waals surface area contributed by atoms with E-state index in [9.17, 15) is 5.26 Å². The van der Waals surface area contributed by atoms with Crippen LogP contribution in [0.3, 0.4) is 0 Å². The van der Waals surface area contributed by atoms with Gasteiger partial charge < -0.3 is 8.98 Å². The van der Waals surface area contributed by atoms with Crippen LogP contribution in [0.5, 0.6) is 0 Å². The second-order valence-corrected chi connectivity index (χ2v) is 14.7. The molecule has 0 radical (unpaired) electrons. The van der Waals surface area contributed by atoms with Gasteiger partial charge in [-0.2, -0.15) is 5.26 Å². The zero-order chi connectivity index (χ0) is 36.8. The molecule has 0 bridgehead atoms. The molecule has 1 aliphatic carbocycles. The van der Waals surface area contributed by atoms with Gasteiger partial charge in [0.05, 0.1) is 28.1 Å². The van der Waals surface area contributed by atoms with Crippen molar-refractivity contribution in [1.82, 2.24) is 19.5 Å². The average molecular weight is 706 g/mol. The molecule has 0 saturated carbocycles. The quantitative estimate of drug-likeness (QED) is 0.182. The summed E-state index contributed by atoms with van der Waals surface area (Å²) >= 11 is 0. The van der Waals surface area contributed by atoms with E-state index in [1.807, 2.05) is 48.5 Å². The minimum Gasteiger partial charge on any atom is -0.456 e. The van der Waals surface area contributed by atoms with Gasteiger partial charge in [-0.25, -0.2) is 15.0 Å². The first-order valence-corrected chi connectivity index (χ1v) is 18.4. The standard InChI is InChI=1S/C49H31N5O/c1-49(2)37-17-9-6-14-34(37)40-41-35-15-7-10-18-38(35)54(44(41)42-36-16-8-11-19-39(36)55-45(42)43(40)49)33-26-24-32(25-27-33)48-52-46(30-12-4-3-5-13-30)51-47(53-48)31-22-20-29(28-50)21-23-31/h3-27H,1-2H3. The van der Waals surface area contributed by atoms with Gasteiger partial charge in [-0.3, -0.25) is 0 Å². The van der Waals surface area contributed by atoms with Crippen LogP contribution in [0.1, 0.15) is 30.5 Å². The molecule has 6 heteroatoms. The predicted octanol–water partition coefficient (Wildman–Crippen LogP) is 12.0. The van der Waals surface area contributed by atoms with E-state index in [0.29, 0.717) is 23.0 Å². The van der Waals surface area contributed by atoms with Crippen LogP contribution in [0, 0.1) is 11.3 Å². The molecule has 11 rings (SSSR count). The summed E-state index contributed by atoms with van der Waals surface area (Å²) in [7, 11) is 0. The lowest BCUT2D eigenvalue weighted by Gasteiger charge is -2.22. The maximum atomic E-state index is 9.38. The molecule has 6 nitrogen and oxygen atoms in total. The number of nitriles is 1. The zero-order valence-electron chi connectivity index (χ0n) is 30.1. The summed E-state index contributed by atoms with van der Waals surface area (Å²) < 4.78 is 9.29. The molecule has 0 spiro atoms. The lowest BCUT2D eigenvalue weighted by Crippen LogP contribution is -2.15. The Labute approximate surface area is 316 Å². The molecular formula is C49H31N5O. The number of para-hydroxylation sites is 2. The van der Waals surface area contributed by atoms with Gasteiger partial charge in [0.1, 0.15) is 11.2 Å². The largest absolute Gasteiger partial charge is 0.456 e. The molecule has 3 aromatic heterocycles. The third kappa shape index (κ3) is 4.50. The van der Waals surface area contributed by atoms with E-state index in [1.54, 1.807) is 12.1 Å². The maximum Gasteiger partial charge on any atom is 0.164 e. The van der Waals surface area contributed by atoms with Crippen molar-refractivity contribution in [2.24, 2.45) is 0 Å². The fourth-order valence-corrected chi connectivity index (χ4v) is 8.74. The lowest BCUT2D eigenvalue weighted by atomic mass is 9.81. The highest BCUT2D eigenvalue weighted by Gasteiger charge is 2.41. The minimum atomic E-state index is -0.253. The van der Waals surface area contributed by atoms with Crippen LogP contribution in [-0.2, 0) is 5.41 Å². The van der Waals surface area contributed by atoms with Crippen molar-refractivity contribution in [3.8, 4) is 57.0 Å². The van der Waals surface area contributed by atoms with Gasteiger partial charge in [0.15, 0.2) is 17.5 Å². The molecule has 1 aliphatic rings. The Morgan fingerprint density at radius 2 is 1.16 bits per heavy atom. The summed E-state index contributed by atoms with van der Waals surface area (Å²) in [6.45, 7) is 4.65. The van der Waals surface area contributed by atoms with Crippen molar-refractivity contribution in [1.29, 1.82) is 5.26 Å². The highest BCUT2D eigenvalue weighted by molar-refractivity contribution is 6.30. The number of aromatic nitrogens is 4. The number of fused-ring (bicyclic) bond motifs is 12. The minimum absolute atomic E-state index is 0.253. The average Bonchev–Trinajstić information content (AvgIpc) is 3.87. The van der Waals surface area contributed by atoms with Crippen LogP contribution >= 0.6 is 0 Å². The number of hydrogen-bond acceptors (Lipinski definition) is 5. The summed E-state index contributed by atoms with van der Waals surface area (Å²) in [6, 6.07) is 54.0. The molecule has 0 fully saturated rings. The van der Waals surface area contributed by atoms with Gasteiger partial charge in [0.25, 0.3) is 0 Å². The first kappa shape index (κ1) is 31.2. The fourth-order valence-electron chi connectivity index (χ4n) is 8.74. The molecule has 0 saturated heterocycles. The van der Waals surface area contributed by atoms with Crippen molar-refractivity contribution in [3.05, 3.63) is 168 Å². The Balaban J connectivity index is 1.17. The van der Waals surface area contributed by atoms with Crippen LogP contribution in [-0.4, -0.2) is 19.5 Å². The summed E-state index contributed by atoms with van der Waals surface area (Å²) in [4.78, 5) is 14.8. The molecular weight excluding hydrogens is 675 g/mol. The number of benzene rings is 7. The Kier molecular flexibility index (Phi) is 6.56. The van der Waals surface area contributed by atoms with Crippen molar-refractivity contribution >= 4 is 43.7 Å². The molecule has 10 aromatic rings. The second kappa shape index (κ2) is 11.6. The van der Waals surface area contributed by atoms with Gasteiger partial charge in [0, 0.05) is 49.5 Å². The van der Waals surface area contributed by atoms with Gasteiger partial charge in [-0.1, -0.05) is 105 Å². The summed E-state index contributed by atoms with van der Waals surface area (Å²) in [6.07, 6.45) is 0. The van der Waals surface area contributed by atoms with Gasteiger partial charge in [0.2, 0.25) is 0 Å². The van der Waals surface area contributed by atoms with E-state index in [-0.39, 0.29) is 5.41 Å². The van der Waals surface area contributed by atoms with E-state index in [2.05, 4.69) is 115 Å². The highest BCUT2D eigenvalue weighted by atomic mass is 16.3. The molecule has 258 valence electrons. The van der Waals surface area contributed by atoms with E-state index >= 15 is 0 Å². The lowest BCUT2D eigenvalue weighted by molar-refractivity contribution is 0.620. The number of furan rings is 1. The number of hydrogen-bond donors (Lipinski definition) is 0. The van der Waals surface area contributed by atoms with Crippen LogP contribution in [0.2, 0.25) is 0 Å². The van der Waals surface area contributed by atoms with Crippen LogP contribution in [0.25, 0.3) is 94.7 Å². The number of rotatable bonds is 4. The van der Waals surface area contributed by atoms with Crippen molar-refractivity contribution in [2.75, 3.05) is 0 Å². The summed E-state index contributed by atoms with van der Waals surface area (Å²) in [5, 5.41) is 14.1. The third-order valence-corrected chi connectivity index (χ3v) is 11.3. The summed E-state index contributed by atoms with van der Waals surface area (Å²) in [5.41, 5.74) is 13.1. The van der Waals surface area contributed by atoms with Crippen molar-refractivity contribution in [2.45, 2.75) is 19.3 Å². The Morgan fingerprint density at radius 1 is 0.582 bits per heavy atom. The molecule has 0 atom stereocenters. The monoisotopic (exact) mass is 705 g/mol. The van der Waals surface area contributed by atoms with Crippen molar-refractivity contribution in [3.63, 3.8) is 0 Å². The Morgan fingerprint density at radius 3 is 1.87 bits per heavy atom. The smallest absolute Gasteiger partial charge is 0.164 e. The van der Waals surface area contributed by atoms with E-state index in [1.165, 1.54) is 33.0 Å². The number of nitrogens with zero attached hydrogens (tertiary/aromatic N) is 5. The predicted molar refractivity (Wildman–Crippen MR) is 220 cm³/mol. The zero-order valence-corrected chi connectivity index (χ0v) is 30.1. The normalized spacial score (nSPS) is 13.0. The molecule has 0 N–H and O–H groups in total. The van der Waals surface area contributed by atoms with Crippen LogP contribution < -0.4 is 0 Å². The molecule has 0 aliphatic heterocycles. The fraction of sp³-hybridized carbons (Fsp3) is 0.0612. The second-order valence-electron chi connectivity index (χ2n) is 14.7. The molecule has 7 aromatic carbocycles. The van der Waals surface area contributed by atoms with Gasteiger partial charge >= 0.3 is 0 Å². The molecule has 0 unspecified atom stereocenters. The first-order chi connectivity index (χ1) is 27.0. The Bertz CT molecular complexity index is 3220. The SMILES string of the molecule is CC1(C)c2ccccc2-c2c1c1oc3ccccc3c1c1c2c2ccccc2n1-c1ccc(-c2nc(-c3ccccc3)nc(-c3ccc(C#N)cc3)n2)cc1. The van der Waals surface area contributed by atoms with Gasteiger partial charge in [-0.05, 0) is 77.4 Å².